The lowest BCUT2D eigenvalue weighted by Gasteiger charge is -1.96. The first-order chi connectivity index (χ1) is 7.09. The molecule has 1 aliphatic rings. The van der Waals surface area contributed by atoms with Crippen LogP contribution < -0.4 is 0 Å². The van der Waals surface area contributed by atoms with Crippen molar-refractivity contribution in [3.8, 4) is 0 Å². The fourth-order valence-corrected chi connectivity index (χ4v) is 1.86. The van der Waals surface area contributed by atoms with E-state index in [1.54, 1.807) is 12.1 Å². The van der Waals surface area contributed by atoms with Crippen molar-refractivity contribution < 1.29 is 4.92 Å². The van der Waals surface area contributed by atoms with Crippen LogP contribution in [0.2, 0.25) is 0 Å². The lowest BCUT2D eigenvalue weighted by molar-refractivity contribution is -0.384. The number of benzene rings is 1. The Kier molecular flexibility index (Phi) is 2.31. The number of nitro benzene ring substituents is 1. The van der Waals surface area contributed by atoms with E-state index in [2.05, 4.69) is 13.8 Å². The molecular weight excluding hydrogens is 190 g/mol. The third-order valence-electron chi connectivity index (χ3n) is 2.83. The van der Waals surface area contributed by atoms with Crippen LogP contribution in [0.15, 0.2) is 35.4 Å². The maximum absolute atomic E-state index is 10.5. The summed E-state index contributed by atoms with van der Waals surface area (Å²) in [5.74, 6) is 0.510. The number of hydrogen-bond donors (Lipinski definition) is 0. The van der Waals surface area contributed by atoms with E-state index >= 15 is 0 Å². The Morgan fingerprint density at radius 3 is 2.33 bits per heavy atom. The summed E-state index contributed by atoms with van der Waals surface area (Å²) in [6.07, 6.45) is 1.11. The molecule has 0 heterocycles. The molecular formula is C12H13NO2. The standard InChI is InChI=1S/C12H13NO2/c1-8(2)11-7-12(11)9-3-5-10(6-4-9)13(14)15/h3-6,12H,7H2,1-2H3. The number of nitro groups is 1. The van der Waals surface area contributed by atoms with Gasteiger partial charge in [-0.05, 0) is 25.8 Å². The summed E-state index contributed by atoms with van der Waals surface area (Å²) in [6, 6.07) is 6.88. The Bertz CT molecular complexity index is 427. The summed E-state index contributed by atoms with van der Waals surface area (Å²) < 4.78 is 0. The van der Waals surface area contributed by atoms with Gasteiger partial charge in [0.15, 0.2) is 0 Å². The van der Waals surface area contributed by atoms with Crippen molar-refractivity contribution in [1.29, 1.82) is 0 Å². The van der Waals surface area contributed by atoms with Crippen molar-refractivity contribution in [2.24, 2.45) is 0 Å². The maximum atomic E-state index is 10.5. The molecule has 0 bridgehead atoms. The van der Waals surface area contributed by atoms with Crippen molar-refractivity contribution in [2.75, 3.05) is 0 Å². The quantitative estimate of drug-likeness (QED) is 0.420. The van der Waals surface area contributed by atoms with E-state index in [1.165, 1.54) is 16.7 Å². The van der Waals surface area contributed by atoms with Crippen LogP contribution in [0.25, 0.3) is 0 Å². The highest BCUT2D eigenvalue weighted by Gasteiger charge is 2.32. The van der Waals surface area contributed by atoms with Gasteiger partial charge < -0.3 is 0 Å². The van der Waals surface area contributed by atoms with Crippen molar-refractivity contribution >= 4 is 5.69 Å². The van der Waals surface area contributed by atoms with Crippen LogP contribution in [0.3, 0.4) is 0 Å². The van der Waals surface area contributed by atoms with Crippen LogP contribution in [-0.2, 0) is 0 Å². The Morgan fingerprint density at radius 2 is 1.93 bits per heavy atom. The molecule has 0 saturated heterocycles. The minimum absolute atomic E-state index is 0.165. The van der Waals surface area contributed by atoms with Crippen LogP contribution in [0.5, 0.6) is 0 Å². The molecule has 15 heavy (non-hydrogen) atoms. The molecule has 1 saturated carbocycles. The second kappa shape index (κ2) is 3.50. The molecule has 1 aromatic carbocycles. The van der Waals surface area contributed by atoms with Crippen LogP contribution >= 0.6 is 0 Å². The van der Waals surface area contributed by atoms with Gasteiger partial charge in [0.1, 0.15) is 0 Å². The number of non-ortho nitro benzene ring substituents is 1. The highest BCUT2D eigenvalue weighted by Crippen LogP contribution is 2.48. The van der Waals surface area contributed by atoms with Gasteiger partial charge in [0.25, 0.3) is 5.69 Å². The molecule has 1 aromatic rings. The number of hydrogen-bond acceptors (Lipinski definition) is 2. The van der Waals surface area contributed by atoms with E-state index in [4.69, 9.17) is 0 Å². The van der Waals surface area contributed by atoms with Gasteiger partial charge in [-0.15, -0.1) is 0 Å². The summed E-state index contributed by atoms with van der Waals surface area (Å²) >= 11 is 0. The fourth-order valence-electron chi connectivity index (χ4n) is 1.86. The van der Waals surface area contributed by atoms with Gasteiger partial charge in [-0.1, -0.05) is 23.3 Å². The zero-order valence-electron chi connectivity index (χ0n) is 8.86. The van der Waals surface area contributed by atoms with Gasteiger partial charge in [-0.25, -0.2) is 0 Å². The molecule has 2 rings (SSSR count). The second-order valence-corrected chi connectivity index (χ2v) is 4.13. The molecule has 3 heteroatoms. The van der Waals surface area contributed by atoms with E-state index in [0.29, 0.717) is 5.92 Å². The maximum Gasteiger partial charge on any atom is 0.269 e. The number of rotatable bonds is 2. The average Bonchev–Trinajstić information content (AvgIpc) is 2.97. The number of allylic oxidation sites excluding steroid dienone is 2. The normalized spacial score (nSPS) is 18.8. The Morgan fingerprint density at radius 1 is 1.33 bits per heavy atom. The highest BCUT2D eigenvalue weighted by molar-refractivity contribution is 5.45. The van der Waals surface area contributed by atoms with E-state index in [-0.39, 0.29) is 10.6 Å². The number of nitrogens with zero attached hydrogens (tertiary/aromatic N) is 1. The second-order valence-electron chi connectivity index (χ2n) is 4.13. The molecule has 1 atom stereocenters. The van der Waals surface area contributed by atoms with Gasteiger partial charge in [0.2, 0.25) is 0 Å². The molecule has 0 spiro atoms. The topological polar surface area (TPSA) is 43.1 Å². The van der Waals surface area contributed by atoms with E-state index in [9.17, 15) is 10.1 Å². The van der Waals surface area contributed by atoms with Gasteiger partial charge >= 0.3 is 0 Å². The molecule has 0 N–H and O–H groups in total. The molecule has 78 valence electrons. The predicted octanol–water partition coefficient (Wildman–Crippen LogP) is 3.42. The first-order valence-corrected chi connectivity index (χ1v) is 5.00. The van der Waals surface area contributed by atoms with Gasteiger partial charge in [0, 0.05) is 18.1 Å². The monoisotopic (exact) mass is 203 g/mol. The zero-order valence-corrected chi connectivity index (χ0v) is 8.86. The van der Waals surface area contributed by atoms with Crippen molar-refractivity contribution in [3.63, 3.8) is 0 Å². The Labute approximate surface area is 88.6 Å². The van der Waals surface area contributed by atoms with Crippen LogP contribution in [-0.4, -0.2) is 4.92 Å². The van der Waals surface area contributed by atoms with E-state index < -0.39 is 0 Å². The first kappa shape index (κ1) is 9.90. The van der Waals surface area contributed by atoms with Crippen LogP contribution in [0.4, 0.5) is 5.69 Å². The largest absolute Gasteiger partial charge is 0.269 e. The molecule has 1 aliphatic carbocycles. The molecule has 0 aliphatic heterocycles. The van der Waals surface area contributed by atoms with Crippen LogP contribution in [0.1, 0.15) is 31.7 Å². The molecule has 0 aromatic heterocycles. The summed E-state index contributed by atoms with van der Waals surface area (Å²) in [5, 5.41) is 10.5. The highest BCUT2D eigenvalue weighted by atomic mass is 16.6. The summed E-state index contributed by atoms with van der Waals surface area (Å²) in [7, 11) is 0. The van der Waals surface area contributed by atoms with Crippen molar-refractivity contribution in [2.45, 2.75) is 26.2 Å². The zero-order chi connectivity index (χ0) is 11.0. The Hall–Kier alpha value is -1.64. The first-order valence-electron chi connectivity index (χ1n) is 5.00. The minimum Gasteiger partial charge on any atom is -0.258 e. The van der Waals surface area contributed by atoms with Crippen molar-refractivity contribution in [1.82, 2.24) is 0 Å². The van der Waals surface area contributed by atoms with Gasteiger partial charge in [-0.3, -0.25) is 10.1 Å². The minimum atomic E-state index is -0.363. The SMILES string of the molecule is CC(C)=C1CC1c1ccc([N+](=O)[O-])cc1. The molecule has 3 nitrogen and oxygen atoms in total. The van der Waals surface area contributed by atoms with Gasteiger partial charge in [0.05, 0.1) is 4.92 Å². The lowest BCUT2D eigenvalue weighted by atomic mass is 10.1. The molecule has 0 radical (unpaired) electrons. The Balaban J connectivity index is 2.20. The lowest BCUT2D eigenvalue weighted by Crippen LogP contribution is -1.87. The summed E-state index contributed by atoms with van der Waals surface area (Å²) in [4.78, 5) is 10.1. The summed E-state index contributed by atoms with van der Waals surface area (Å²) in [5.41, 5.74) is 4.21. The average molecular weight is 203 g/mol. The smallest absolute Gasteiger partial charge is 0.258 e. The fraction of sp³-hybridized carbons (Fsp3) is 0.333. The third-order valence-corrected chi connectivity index (χ3v) is 2.83. The summed E-state index contributed by atoms with van der Waals surface area (Å²) in [6.45, 7) is 4.22. The predicted molar refractivity (Wildman–Crippen MR) is 58.8 cm³/mol. The molecule has 1 unspecified atom stereocenters. The van der Waals surface area contributed by atoms with E-state index in [0.717, 1.165) is 6.42 Å². The van der Waals surface area contributed by atoms with Crippen molar-refractivity contribution in [3.05, 3.63) is 51.1 Å². The van der Waals surface area contributed by atoms with Crippen LogP contribution in [0, 0.1) is 10.1 Å². The third kappa shape index (κ3) is 1.91. The van der Waals surface area contributed by atoms with E-state index in [1.807, 2.05) is 12.1 Å². The molecule has 1 fully saturated rings. The molecule has 0 amide bonds. The van der Waals surface area contributed by atoms with Gasteiger partial charge in [-0.2, -0.15) is 0 Å².